The van der Waals surface area contributed by atoms with Gasteiger partial charge in [-0.2, -0.15) is 0 Å². The van der Waals surface area contributed by atoms with Crippen LogP contribution >= 0.6 is 0 Å². The van der Waals surface area contributed by atoms with E-state index >= 15 is 0 Å². The summed E-state index contributed by atoms with van der Waals surface area (Å²) in [7, 11) is 0. The second kappa shape index (κ2) is 14.6. The maximum atomic E-state index is 8.35. The Morgan fingerprint density at radius 1 is 0.889 bits per heavy atom. The van der Waals surface area contributed by atoms with E-state index in [1.807, 2.05) is 38.1 Å². The molecule has 0 bridgehead atoms. The maximum Gasteiger partial charge on any atom is 0.231 e. The summed E-state index contributed by atoms with van der Waals surface area (Å²) < 4.78 is 10.6. The summed E-state index contributed by atoms with van der Waals surface area (Å²) >= 11 is 0. The number of hydrogen-bond donors (Lipinski definition) is 2. The van der Waals surface area contributed by atoms with Crippen molar-refractivity contribution in [2.24, 2.45) is 0 Å². The van der Waals surface area contributed by atoms with Crippen LogP contribution in [-0.4, -0.2) is 25.4 Å². The maximum absolute atomic E-state index is 8.35. The Hall–Kier alpha value is -2.42. The minimum atomic E-state index is 0.702. The van der Waals surface area contributed by atoms with Crippen LogP contribution in [0.1, 0.15) is 13.8 Å². The Morgan fingerprint density at radius 3 is 1.28 bits per heavy atom. The highest BCUT2D eigenvalue weighted by Crippen LogP contribution is 2.17. The standard InChI is InChI=1S/C10H14O2.2CHNO/c1-3-11-9-5-7-10(8-6-9)12-4-2;2*2-1-3/h5-8H,3-4H2,1-2H3;2*2H. The van der Waals surface area contributed by atoms with Crippen LogP contribution in [0.3, 0.4) is 0 Å². The van der Waals surface area contributed by atoms with Crippen molar-refractivity contribution in [2.75, 3.05) is 13.2 Å². The average Bonchev–Trinajstić information content (AvgIpc) is 2.34. The Labute approximate surface area is 106 Å². The lowest BCUT2D eigenvalue weighted by atomic mass is 10.3. The van der Waals surface area contributed by atoms with Gasteiger partial charge in [-0.1, -0.05) is 0 Å². The van der Waals surface area contributed by atoms with E-state index in [4.69, 9.17) is 29.9 Å². The number of nitrogens with one attached hydrogen (secondary N) is 2. The van der Waals surface area contributed by atoms with Crippen LogP contribution in [0.4, 0.5) is 0 Å². The second-order valence-electron chi connectivity index (χ2n) is 2.54. The summed E-state index contributed by atoms with van der Waals surface area (Å²) in [5, 5.41) is 10.8. The molecule has 0 aromatic heterocycles. The first kappa shape index (κ1) is 18.0. The summed E-state index contributed by atoms with van der Waals surface area (Å²) in [6.07, 6.45) is 1.50. The molecule has 2 N–H and O–H groups in total. The molecule has 0 spiro atoms. The normalized spacial score (nSPS) is 7.22. The quantitative estimate of drug-likeness (QED) is 0.634. The molecule has 98 valence electrons. The lowest BCUT2D eigenvalue weighted by Gasteiger charge is -2.04. The highest BCUT2D eigenvalue weighted by molar-refractivity contribution is 5.31. The molecular formula is C12H16N2O4. The van der Waals surface area contributed by atoms with Gasteiger partial charge < -0.3 is 9.47 Å². The Morgan fingerprint density at radius 2 is 1.11 bits per heavy atom. The van der Waals surface area contributed by atoms with Crippen LogP contribution in [0.15, 0.2) is 24.3 Å². The molecule has 0 saturated carbocycles. The van der Waals surface area contributed by atoms with E-state index in [2.05, 4.69) is 0 Å². The van der Waals surface area contributed by atoms with Gasteiger partial charge in [0.2, 0.25) is 12.2 Å². The average molecular weight is 252 g/mol. The summed E-state index contributed by atoms with van der Waals surface area (Å²) in [6, 6.07) is 7.64. The molecular weight excluding hydrogens is 236 g/mol. The van der Waals surface area contributed by atoms with Crippen LogP contribution in [0.2, 0.25) is 0 Å². The van der Waals surface area contributed by atoms with Gasteiger partial charge in [0, 0.05) is 0 Å². The first-order valence-corrected chi connectivity index (χ1v) is 5.13. The van der Waals surface area contributed by atoms with E-state index in [9.17, 15) is 0 Å². The predicted molar refractivity (Wildman–Crippen MR) is 65.6 cm³/mol. The van der Waals surface area contributed by atoms with Crippen LogP contribution in [-0.2, 0) is 9.59 Å². The molecule has 1 rings (SSSR count). The molecule has 6 nitrogen and oxygen atoms in total. The van der Waals surface area contributed by atoms with Gasteiger partial charge >= 0.3 is 0 Å². The van der Waals surface area contributed by atoms with Crippen LogP contribution in [0, 0.1) is 10.8 Å². The predicted octanol–water partition coefficient (Wildman–Crippen LogP) is 2.29. The second-order valence-corrected chi connectivity index (χ2v) is 2.54. The molecule has 0 aliphatic heterocycles. The van der Waals surface area contributed by atoms with Gasteiger partial charge in [-0.15, -0.1) is 0 Å². The molecule has 0 amide bonds. The molecule has 1 aromatic carbocycles. The fourth-order valence-electron chi connectivity index (χ4n) is 0.965. The number of benzene rings is 1. The van der Waals surface area contributed by atoms with Gasteiger partial charge in [-0.05, 0) is 38.1 Å². The summed E-state index contributed by atoms with van der Waals surface area (Å²) in [5.74, 6) is 1.78. The zero-order chi connectivity index (χ0) is 14.2. The van der Waals surface area contributed by atoms with E-state index in [1.165, 1.54) is 0 Å². The monoisotopic (exact) mass is 252 g/mol. The third-order valence-corrected chi connectivity index (χ3v) is 1.45. The van der Waals surface area contributed by atoms with E-state index in [0.29, 0.717) is 13.2 Å². The number of hydrogen-bond acceptors (Lipinski definition) is 6. The first-order chi connectivity index (χ1) is 8.69. The Bertz CT molecular complexity index is 327. The van der Waals surface area contributed by atoms with Crippen molar-refractivity contribution < 1.29 is 19.1 Å². The SMILES string of the molecule is CCOc1ccc(OCC)cc1.N=C=O.N=C=O. The Balaban J connectivity index is 0. The van der Waals surface area contributed by atoms with E-state index < -0.39 is 0 Å². The zero-order valence-corrected chi connectivity index (χ0v) is 10.4. The molecule has 0 saturated heterocycles. The first-order valence-electron chi connectivity index (χ1n) is 5.13. The molecule has 0 radical (unpaired) electrons. The van der Waals surface area contributed by atoms with Crippen molar-refractivity contribution in [3.05, 3.63) is 24.3 Å². The molecule has 18 heavy (non-hydrogen) atoms. The van der Waals surface area contributed by atoms with E-state index in [-0.39, 0.29) is 0 Å². The van der Waals surface area contributed by atoms with Crippen molar-refractivity contribution in [3.63, 3.8) is 0 Å². The highest BCUT2D eigenvalue weighted by atomic mass is 16.5. The third kappa shape index (κ3) is 11.7. The van der Waals surface area contributed by atoms with Gasteiger partial charge in [0.25, 0.3) is 0 Å². The molecule has 0 fully saturated rings. The van der Waals surface area contributed by atoms with Gasteiger partial charge in [-0.3, -0.25) is 0 Å². The van der Waals surface area contributed by atoms with Crippen LogP contribution < -0.4 is 9.47 Å². The molecule has 0 heterocycles. The molecule has 0 aliphatic rings. The smallest absolute Gasteiger partial charge is 0.231 e. The van der Waals surface area contributed by atoms with Crippen molar-refractivity contribution >= 4 is 12.2 Å². The number of rotatable bonds is 4. The lowest BCUT2D eigenvalue weighted by molar-refractivity contribution is 0.330. The fraction of sp³-hybridized carbons (Fsp3) is 0.333. The molecule has 6 heteroatoms. The third-order valence-electron chi connectivity index (χ3n) is 1.45. The minimum Gasteiger partial charge on any atom is -0.494 e. The number of isocyanates is 2. The summed E-state index contributed by atoms with van der Waals surface area (Å²) in [4.78, 5) is 16.7. The largest absolute Gasteiger partial charge is 0.494 e. The van der Waals surface area contributed by atoms with Gasteiger partial charge in [0.1, 0.15) is 11.5 Å². The van der Waals surface area contributed by atoms with Crippen LogP contribution in [0.25, 0.3) is 0 Å². The lowest BCUT2D eigenvalue weighted by Crippen LogP contribution is -1.93. The van der Waals surface area contributed by atoms with Crippen molar-refractivity contribution in [1.82, 2.24) is 0 Å². The number of carbonyl (C=O) groups excluding carboxylic acids is 2. The Kier molecular flexibility index (Phi) is 14.5. The topological polar surface area (TPSA) is 100 Å². The highest BCUT2D eigenvalue weighted by Gasteiger charge is 1.92. The summed E-state index contributed by atoms with van der Waals surface area (Å²) in [6.45, 7) is 5.34. The van der Waals surface area contributed by atoms with Gasteiger partial charge in [0.15, 0.2) is 0 Å². The fourth-order valence-corrected chi connectivity index (χ4v) is 0.965. The molecule has 1 aromatic rings. The number of ether oxygens (including phenoxy) is 2. The van der Waals surface area contributed by atoms with E-state index in [1.54, 1.807) is 0 Å². The van der Waals surface area contributed by atoms with Gasteiger partial charge in [-0.25, -0.2) is 20.4 Å². The van der Waals surface area contributed by atoms with Gasteiger partial charge in [0.05, 0.1) is 13.2 Å². The van der Waals surface area contributed by atoms with Crippen molar-refractivity contribution in [1.29, 1.82) is 10.8 Å². The zero-order valence-electron chi connectivity index (χ0n) is 10.4. The summed E-state index contributed by atoms with van der Waals surface area (Å²) in [5.41, 5.74) is 0. The molecule has 0 atom stereocenters. The molecule has 0 aliphatic carbocycles. The van der Waals surface area contributed by atoms with Crippen LogP contribution in [0.5, 0.6) is 11.5 Å². The van der Waals surface area contributed by atoms with Crippen molar-refractivity contribution in [2.45, 2.75) is 13.8 Å². The van der Waals surface area contributed by atoms with Crippen molar-refractivity contribution in [3.8, 4) is 11.5 Å². The molecule has 0 unspecified atom stereocenters. The van der Waals surface area contributed by atoms with E-state index in [0.717, 1.165) is 23.7 Å². The minimum absolute atomic E-state index is 0.702.